The molecular weight excluding hydrogens is 222 g/mol. The topological polar surface area (TPSA) is 44.5 Å². The third-order valence-corrected chi connectivity index (χ3v) is 2.33. The fourth-order valence-corrected chi connectivity index (χ4v) is 1.46. The lowest BCUT2D eigenvalue weighted by Crippen LogP contribution is -2.11. The Hall–Kier alpha value is -1.13. The van der Waals surface area contributed by atoms with Crippen molar-refractivity contribution in [2.75, 3.05) is 7.11 Å². The summed E-state index contributed by atoms with van der Waals surface area (Å²) in [5, 5.41) is 0. The van der Waals surface area contributed by atoms with Crippen molar-refractivity contribution < 1.29 is 9.47 Å². The molecule has 0 fully saturated rings. The molecule has 1 rings (SSSR count). The molecule has 3 nitrogen and oxygen atoms in total. The Morgan fingerprint density at radius 3 is 2.62 bits per heavy atom. The van der Waals surface area contributed by atoms with Gasteiger partial charge in [0.2, 0.25) is 0 Å². The Labute approximate surface area is 102 Å². The molecule has 0 amide bonds. The predicted molar refractivity (Wildman–Crippen MR) is 68.8 cm³/mol. The molecule has 0 atom stereocenters. The Bertz CT molecular complexity index is 377. The molecule has 0 aliphatic carbocycles. The van der Waals surface area contributed by atoms with Gasteiger partial charge in [0.05, 0.1) is 25.4 Å². The number of hydrogen-bond acceptors (Lipinski definition) is 3. The van der Waals surface area contributed by atoms with Crippen molar-refractivity contribution >= 4 is 17.2 Å². The minimum absolute atomic E-state index is 0.209. The van der Waals surface area contributed by atoms with Crippen LogP contribution in [0.15, 0.2) is 18.2 Å². The summed E-state index contributed by atoms with van der Waals surface area (Å²) in [6.07, 6.45) is 0.209. The monoisotopic (exact) mass is 239 g/mol. The first-order chi connectivity index (χ1) is 7.54. The van der Waals surface area contributed by atoms with Crippen LogP contribution in [0.5, 0.6) is 5.75 Å². The molecule has 1 aromatic carbocycles. The number of ether oxygens (including phenoxy) is 2. The molecular formula is C12H17NO2S. The van der Waals surface area contributed by atoms with Crippen LogP contribution < -0.4 is 10.5 Å². The van der Waals surface area contributed by atoms with Crippen molar-refractivity contribution in [1.29, 1.82) is 0 Å². The largest absolute Gasteiger partial charge is 0.496 e. The molecule has 16 heavy (non-hydrogen) atoms. The minimum Gasteiger partial charge on any atom is -0.496 e. The molecule has 88 valence electrons. The number of hydrogen-bond donors (Lipinski definition) is 1. The van der Waals surface area contributed by atoms with Gasteiger partial charge < -0.3 is 15.2 Å². The Balaban J connectivity index is 2.86. The number of rotatable bonds is 5. The van der Waals surface area contributed by atoms with Crippen LogP contribution >= 0.6 is 12.2 Å². The van der Waals surface area contributed by atoms with Crippen LogP contribution in [0.4, 0.5) is 0 Å². The summed E-state index contributed by atoms with van der Waals surface area (Å²) < 4.78 is 10.7. The zero-order valence-corrected chi connectivity index (χ0v) is 10.6. The maximum absolute atomic E-state index is 5.58. The first kappa shape index (κ1) is 12.9. The van der Waals surface area contributed by atoms with Gasteiger partial charge in [-0.25, -0.2) is 0 Å². The molecule has 0 aliphatic rings. The molecule has 2 N–H and O–H groups in total. The summed E-state index contributed by atoms with van der Waals surface area (Å²) in [4.78, 5) is 0.341. The van der Waals surface area contributed by atoms with E-state index in [9.17, 15) is 0 Å². The van der Waals surface area contributed by atoms with E-state index in [4.69, 9.17) is 27.4 Å². The van der Waals surface area contributed by atoms with E-state index in [-0.39, 0.29) is 6.10 Å². The Morgan fingerprint density at radius 1 is 1.44 bits per heavy atom. The number of methoxy groups -OCH3 is 1. The minimum atomic E-state index is 0.209. The van der Waals surface area contributed by atoms with Gasteiger partial charge in [-0.15, -0.1) is 0 Å². The van der Waals surface area contributed by atoms with Crippen LogP contribution in [-0.4, -0.2) is 18.2 Å². The smallest absolute Gasteiger partial charge is 0.129 e. The molecule has 1 aromatic rings. The van der Waals surface area contributed by atoms with E-state index in [2.05, 4.69) is 0 Å². The van der Waals surface area contributed by atoms with E-state index in [1.165, 1.54) is 0 Å². The first-order valence-electron chi connectivity index (χ1n) is 5.13. The summed E-state index contributed by atoms with van der Waals surface area (Å²) >= 11 is 4.93. The predicted octanol–water partition coefficient (Wildman–Crippen LogP) is 2.25. The summed E-state index contributed by atoms with van der Waals surface area (Å²) in [5.74, 6) is 0.692. The molecule has 0 saturated heterocycles. The van der Waals surface area contributed by atoms with Crippen LogP contribution in [0.1, 0.15) is 25.0 Å². The van der Waals surface area contributed by atoms with Crippen molar-refractivity contribution in [1.82, 2.24) is 0 Å². The zero-order chi connectivity index (χ0) is 12.1. The van der Waals surface area contributed by atoms with Gasteiger partial charge in [-0.3, -0.25) is 0 Å². The highest BCUT2D eigenvalue weighted by molar-refractivity contribution is 7.80. The highest BCUT2D eigenvalue weighted by atomic mass is 32.1. The molecule has 0 spiro atoms. The van der Waals surface area contributed by atoms with Gasteiger partial charge in [0.1, 0.15) is 10.7 Å². The summed E-state index contributed by atoms with van der Waals surface area (Å²) in [6.45, 7) is 4.56. The van der Waals surface area contributed by atoms with Gasteiger partial charge in [0.15, 0.2) is 0 Å². The van der Waals surface area contributed by atoms with E-state index in [0.717, 1.165) is 11.1 Å². The van der Waals surface area contributed by atoms with E-state index in [1.807, 2.05) is 32.0 Å². The lowest BCUT2D eigenvalue weighted by atomic mass is 10.1. The second kappa shape index (κ2) is 5.82. The highest BCUT2D eigenvalue weighted by Gasteiger charge is 2.07. The number of thiocarbonyl (C=S) groups is 1. The highest BCUT2D eigenvalue weighted by Crippen LogP contribution is 2.20. The van der Waals surface area contributed by atoms with Crippen LogP contribution in [0, 0.1) is 0 Å². The average molecular weight is 239 g/mol. The lowest BCUT2D eigenvalue weighted by Gasteiger charge is -2.11. The van der Waals surface area contributed by atoms with Gasteiger partial charge in [0.25, 0.3) is 0 Å². The van der Waals surface area contributed by atoms with Gasteiger partial charge in [-0.2, -0.15) is 0 Å². The lowest BCUT2D eigenvalue weighted by molar-refractivity contribution is 0.0656. The van der Waals surface area contributed by atoms with Gasteiger partial charge >= 0.3 is 0 Å². The van der Waals surface area contributed by atoms with E-state index in [1.54, 1.807) is 7.11 Å². The normalized spacial score (nSPS) is 10.5. The van der Waals surface area contributed by atoms with Crippen LogP contribution in [0.2, 0.25) is 0 Å². The van der Waals surface area contributed by atoms with Gasteiger partial charge in [-0.05, 0) is 31.5 Å². The van der Waals surface area contributed by atoms with Crippen LogP contribution in [0.25, 0.3) is 0 Å². The van der Waals surface area contributed by atoms with E-state index in [0.29, 0.717) is 17.3 Å². The maximum Gasteiger partial charge on any atom is 0.129 e. The quantitative estimate of drug-likeness (QED) is 0.800. The second-order valence-corrected chi connectivity index (χ2v) is 4.20. The Morgan fingerprint density at radius 2 is 2.12 bits per heavy atom. The van der Waals surface area contributed by atoms with Crippen LogP contribution in [-0.2, 0) is 11.3 Å². The molecule has 0 heterocycles. The summed E-state index contributed by atoms with van der Waals surface area (Å²) in [7, 11) is 1.60. The third-order valence-electron chi connectivity index (χ3n) is 2.11. The molecule has 0 radical (unpaired) electrons. The zero-order valence-electron chi connectivity index (χ0n) is 9.82. The van der Waals surface area contributed by atoms with Crippen molar-refractivity contribution in [2.24, 2.45) is 5.73 Å². The van der Waals surface area contributed by atoms with Gasteiger partial charge in [0, 0.05) is 0 Å². The van der Waals surface area contributed by atoms with Crippen molar-refractivity contribution in [3.8, 4) is 5.75 Å². The molecule has 0 bridgehead atoms. The molecule has 0 unspecified atom stereocenters. The summed E-state index contributed by atoms with van der Waals surface area (Å²) in [6, 6.07) is 5.70. The molecule has 0 aliphatic heterocycles. The third kappa shape index (κ3) is 3.47. The molecule has 0 saturated carbocycles. The number of nitrogens with two attached hydrogens (primary N) is 1. The van der Waals surface area contributed by atoms with Crippen molar-refractivity contribution in [3.05, 3.63) is 29.3 Å². The molecule has 0 aromatic heterocycles. The van der Waals surface area contributed by atoms with Crippen molar-refractivity contribution in [2.45, 2.75) is 26.6 Å². The number of benzene rings is 1. The first-order valence-corrected chi connectivity index (χ1v) is 5.53. The van der Waals surface area contributed by atoms with E-state index >= 15 is 0 Å². The fourth-order valence-electron chi connectivity index (χ4n) is 1.29. The summed E-state index contributed by atoms with van der Waals surface area (Å²) in [5.41, 5.74) is 7.38. The van der Waals surface area contributed by atoms with E-state index < -0.39 is 0 Å². The molecule has 4 heteroatoms. The average Bonchev–Trinajstić information content (AvgIpc) is 2.25. The second-order valence-electron chi connectivity index (χ2n) is 3.76. The fraction of sp³-hybridized carbons (Fsp3) is 0.417. The SMILES string of the molecule is COc1cc(COC(C)C)ccc1C(N)=S. The Kier molecular flexibility index (Phi) is 4.71. The van der Waals surface area contributed by atoms with Crippen molar-refractivity contribution in [3.63, 3.8) is 0 Å². The standard InChI is InChI=1S/C12H17NO2S/c1-8(2)15-7-9-4-5-10(12(13)16)11(6-9)14-3/h4-6,8H,7H2,1-3H3,(H2,13,16). The van der Waals surface area contributed by atoms with Gasteiger partial charge in [-0.1, -0.05) is 18.3 Å². The van der Waals surface area contributed by atoms with Crippen LogP contribution in [0.3, 0.4) is 0 Å². The maximum atomic E-state index is 5.58.